The first-order valence-corrected chi connectivity index (χ1v) is 4.76. The third kappa shape index (κ3) is 0.837. The number of rotatable bonds is 1. The Morgan fingerprint density at radius 3 is 2.92 bits per heavy atom. The lowest BCUT2D eigenvalue weighted by Crippen LogP contribution is -2.19. The van der Waals surface area contributed by atoms with E-state index in [0.29, 0.717) is 6.42 Å². The molecule has 2 aliphatic heterocycles. The minimum absolute atomic E-state index is 0.0119. The number of methoxy groups -OCH3 is 1. The maximum Gasteiger partial charge on any atom is 0.164 e. The smallest absolute Gasteiger partial charge is 0.164 e. The summed E-state index contributed by atoms with van der Waals surface area (Å²) >= 11 is 0. The highest BCUT2D eigenvalue weighted by Gasteiger charge is 2.49. The number of ketones is 1. The van der Waals surface area contributed by atoms with Gasteiger partial charge in [-0.2, -0.15) is 0 Å². The lowest BCUT2D eigenvalue weighted by atomic mass is 9.93. The standard InChI is InChI=1S/C10H12O3/c1-12-8-4-5(11)9-6-2-3-7(13-6)10(8)9/h6-8H,2-4H2,1H3/t6-,7+,8?/m1/s1. The van der Waals surface area contributed by atoms with E-state index in [9.17, 15) is 4.79 Å². The van der Waals surface area contributed by atoms with Gasteiger partial charge in [0.15, 0.2) is 5.78 Å². The van der Waals surface area contributed by atoms with Gasteiger partial charge in [0.25, 0.3) is 0 Å². The van der Waals surface area contributed by atoms with E-state index in [2.05, 4.69) is 0 Å². The van der Waals surface area contributed by atoms with Crippen LogP contribution in [0.2, 0.25) is 0 Å². The highest BCUT2D eigenvalue weighted by Crippen LogP contribution is 2.46. The minimum Gasteiger partial charge on any atom is -0.377 e. The summed E-state index contributed by atoms with van der Waals surface area (Å²) in [5.74, 6) is 0.244. The predicted molar refractivity (Wildman–Crippen MR) is 45.3 cm³/mol. The van der Waals surface area contributed by atoms with Crippen LogP contribution in [0.5, 0.6) is 0 Å². The van der Waals surface area contributed by atoms with Crippen molar-refractivity contribution in [1.82, 2.24) is 0 Å². The molecule has 70 valence electrons. The van der Waals surface area contributed by atoms with E-state index in [1.807, 2.05) is 0 Å². The molecule has 0 spiro atoms. The normalized spacial score (nSPS) is 41.9. The highest BCUT2D eigenvalue weighted by atomic mass is 16.5. The third-order valence-corrected chi connectivity index (χ3v) is 3.30. The molecule has 0 aromatic heterocycles. The first-order chi connectivity index (χ1) is 6.31. The number of carbonyl (C=O) groups excluding carboxylic acids is 1. The Hall–Kier alpha value is -0.670. The molecule has 0 N–H and O–H groups in total. The van der Waals surface area contributed by atoms with Gasteiger partial charge >= 0.3 is 0 Å². The van der Waals surface area contributed by atoms with Crippen LogP contribution in [-0.2, 0) is 14.3 Å². The molecule has 0 aromatic carbocycles. The second kappa shape index (κ2) is 2.42. The van der Waals surface area contributed by atoms with E-state index in [4.69, 9.17) is 9.47 Å². The molecule has 3 aliphatic rings. The molecular formula is C10H12O3. The number of carbonyl (C=O) groups is 1. The van der Waals surface area contributed by atoms with Gasteiger partial charge in [0.1, 0.15) is 0 Å². The summed E-state index contributed by atoms with van der Waals surface area (Å²) in [4.78, 5) is 11.6. The zero-order chi connectivity index (χ0) is 9.00. The number of Topliss-reactive ketones (excluding diaryl/α,β-unsaturated/α-hetero) is 1. The number of hydrogen-bond acceptors (Lipinski definition) is 3. The van der Waals surface area contributed by atoms with Crippen molar-refractivity contribution in [2.45, 2.75) is 37.6 Å². The summed E-state index contributed by atoms with van der Waals surface area (Å²) in [6.45, 7) is 0. The summed E-state index contributed by atoms with van der Waals surface area (Å²) < 4.78 is 11.0. The molecule has 1 fully saturated rings. The summed E-state index contributed by atoms with van der Waals surface area (Å²) in [5.41, 5.74) is 2.10. The lowest BCUT2D eigenvalue weighted by molar-refractivity contribution is -0.117. The van der Waals surface area contributed by atoms with Crippen LogP contribution < -0.4 is 0 Å². The van der Waals surface area contributed by atoms with Crippen molar-refractivity contribution in [1.29, 1.82) is 0 Å². The van der Waals surface area contributed by atoms with E-state index in [-0.39, 0.29) is 24.1 Å². The van der Waals surface area contributed by atoms with Crippen LogP contribution in [0.3, 0.4) is 0 Å². The molecule has 0 radical (unpaired) electrons. The second-order valence-electron chi connectivity index (χ2n) is 3.91. The Labute approximate surface area is 76.7 Å². The van der Waals surface area contributed by atoms with Crippen LogP contribution in [-0.4, -0.2) is 31.2 Å². The Balaban J connectivity index is 2.05. The maximum atomic E-state index is 11.6. The van der Waals surface area contributed by atoms with Gasteiger partial charge in [-0.1, -0.05) is 0 Å². The van der Waals surface area contributed by atoms with Gasteiger partial charge in [-0.3, -0.25) is 4.79 Å². The quantitative estimate of drug-likeness (QED) is 0.599. The monoisotopic (exact) mass is 180 g/mol. The van der Waals surface area contributed by atoms with Gasteiger partial charge < -0.3 is 9.47 Å². The fraction of sp³-hybridized carbons (Fsp3) is 0.700. The van der Waals surface area contributed by atoms with Gasteiger partial charge in [-0.15, -0.1) is 0 Å². The molecular weight excluding hydrogens is 168 g/mol. The number of fused-ring (bicyclic) bond motifs is 4. The third-order valence-electron chi connectivity index (χ3n) is 3.30. The summed E-state index contributed by atoms with van der Waals surface area (Å²) in [7, 11) is 1.67. The highest BCUT2D eigenvalue weighted by molar-refractivity contribution is 6.01. The van der Waals surface area contributed by atoms with Crippen LogP contribution in [0.15, 0.2) is 11.1 Å². The van der Waals surface area contributed by atoms with Crippen LogP contribution in [0.4, 0.5) is 0 Å². The van der Waals surface area contributed by atoms with Crippen molar-refractivity contribution < 1.29 is 14.3 Å². The molecule has 1 aliphatic carbocycles. The zero-order valence-electron chi connectivity index (χ0n) is 7.58. The fourth-order valence-corrected chi connectivity index (χ4v) is 2.76. The summed E-state index contributed by atoms with van der Waals surface area (Å²) in [6.07, 6.45) is 2.93. The minimum atomic E-state index is 0.0119. The van der Waals surface area contributed by atoms with Gasteiger partial charge in [-0.05, 0) is 18.4 Å². The molecule has 1 unspecified atom stereocenters. The van der Waals surface area contributed by atoms with Crippen molar-refractivity contribution >= 4 is 5.78 Å². The predicted octanol–water partition coefficient (Wildman–Crippen LogP) is 0.832. The molecule has 13 heavy (non-hydrogen) atoms. The average molecular weight is 180 g/mol. The van der Waals surface area contributed by atoms with Crippen molar-refractivity contribution in [3.05, 3.63) is 11.1 Å². The summed E-state index contributed by atoms with van der Waals surface area (Å²) in [5, 5.41) is 0. The zero-order valence-corrected chi connectivity index (χ0v) is 7.58. The van der Waals surface area contributed by atoms with Crippen molar-refractivity contribution in [2.24, 2.45) is 0 Å². The first-order valence-electron chi connectivity index (χ1n) is 4.76. The van der Waals surface area contributed by atoms with Gasteiger partial charge in [0.05, 0.1) is 18.3 Å². The SMILES string of the molecule is COC1CC(=O)C2=C1[C@@H]1CC[C@H]2O1. The van der Waals surface area contributed by atoms with E-state index in [0.717, 1.165) is 24.0 Å². The van der Waals surface area contributed by atoms with E-state index in [1.165, 1.54) is 0 Å². The van der Waals surface area contributed by atoms with Crippen LogP contribution >= 0.6 is 0 Å². The molecule has 3 heteroatoms. The number of ether oxygens (including phenoxy) is 2. The van der Waals surface area contributed by atoms with Crippen molar-refractivity contribution in [3.8, 4) is 0 Å². The maximum absolute atomic E-state index is 11.6. The molecule has 3 nitrogen and oxygen atoms in total. The molecule has 0 aromatic rings. The average Bonchev–Trinajstić information content (AvgIpc) is 2.76. The van der Waals surface area contributed by atoms with E-state index >= 15 is 0 Å². The van der Waals surface area contributed by atoms with Crippen molar-refractivity contribution in [3.63, 3.8) is 0 Å². The van der Waals surface area contributed by atoms with Gasteiger partial charge in [0.2, 0.25) is 0 Å². The second-order valence-corrected chi connectivity index (χ2v) is 3.91. The molecule has 2 heterocycles. The van der Waals surface area contributed by atoms with Crippen LogP contribution in [0, 0.1) is 0 Å². The van der Waals surface area contributed by atoms with E-state index in [1.54, 1.807) is 7.11 Å². The largest absolute Gasteiger partial charge is 0.377 e. The number of hydrogen-bond donors (Lipinski definition) is 0. The molecule has 3 rings (SSSR count). The Bertz CT molecular complexity index is 305. The molecule has 0 saturated carbocycles. The fourth-order valence-electron chi connectivity index (χ4n) is 2.76. The molecule has 1 saturated heterocycles. The van der Waals surface area contributed by atoms with Crippen LogP contribution in [0.1, 0.15) is 19.3 Å². The van der Waals surface area contributed by atoms with Crippen LogP contribution in [0.25, 0.3) is 0 Å². The first kappa shape index (κ1) is 7.71. The molecule has 3 atom stereocenters. The summed E-state index contributed by atoms with van der Waals surface area (Å²) in [6, 6.07) is 0. The van der Waals surface area contributed by atoms with Gasteiger partial charge in [-0.25, -0.2) is 0 Å². The topological polar surface area (TPSA) is 35.5 Å². The molecule has 2 bridgehead atoms. The Morgan fingerprint density at radius 1 is 1.38 bits per heavy atom. The Morgan fingerprint density at radius 2 is 2.15 bits per heavy atom. The molecule has 0 amide bonds. The van der Waals surface area contributed by atoms with Crippen molar-refractivity contribution in [2.75, 3.05) is 7.11 Å². The van der Waals surface area contributed by atoms with E-state index < -0.39 is 0 Å². The lowest BCUT2D eigenvalue weighted by Gasteiger charge is -2.15. The Kier molecular flexibility index (Phi) is 1.44. The van der Waals surface area contributed by atoms with Gasteiger partial charge in [0, 0.05) is 19.1 Å².